The topological polar surface area (TPSA) is 35.0 Å². The van der Waals surface area contributed by atoms with Crippen LogP contribution in [0.15, 0.2) is 6.20 Å². The van der Waals surface area contributed by atoms with Gasteiger partial charge in [-0.2, -0.15) is 9.37 Å². The number of nitrogens with zero attached hydrogens (tertiary/aromatic N) is 2. The normalized spacial score (nSPS) is 8.42. The summed E-state index contributed by atoms with van der Waals surface area (Å²) in [6.07, 6.45) is 1.38. The zero-order valence-corrected chi connectivity index (χ0v) is 7.76. The van der Waals surface area contributed by atoms with E-state index in [0.29, 0.717) is 5.56 Å². The third-order valence-corrected chi connectivity index (χ3v) is 1.07. The van der Waals surface area contributed by atoms with Crippen LogP contribution < -0.4 is 4.74 Å². The summed E-state index contributed by atoms with van der Waals surface area (Å²) in [5.41, 5.74) is 0.417. The smallest absolute Gasteiger partial charge is 0.318 e. The van der Waals surface area contributed by atoms with Crippen molar-refractivity contribution in [1.29, 1.82) is 0 Å². The number of rotatable bonds is 1. The molecule has 1 heterocycles. The van der Waals surface area contributed by atoms with Crippen molar-refractivity contribution in [2.45, 2.75) is 20.8 Å². The maximum Gasteiger partial charge on any atom is 0.318 e. The lowest BCUT2D eigenvalue weighted by Gasteiger charge is -1.96. The molecular weight excluding hydrogens is 159 g/mol. The molecule has 0 unspecified atom stereocenters. The third-order valence-electron chi connectivity index (χ3n) is 1.07. The van der Waals surface area contributed by atoms with E-state index in [2.05, 4.69) is 14.7 Å². The fraction of sp³-hybridized carbons (Fsp3) is 0.500. The van der Waals surface area contributed by atoms with Gasteiger partial charge < -0.3 is 4.74 Å². The van der Waals surface area contributed by atoms with Crippen molar-refractivity contribution in [3.8, 4) is 6.01 Å². The second-order valence-corrected chi connectivity index (χ2v) is 1.83. The minimum absolute atomic E-state index is 0.0584. The van der Waals surface area contributed by atoms with E-state index in [1.165, 1.54) is 13.3 Å². The zero-order valence-electron chi connectivity index (χ0n) is 7.76. The van der Waals surface area contributed by atoms with Crippen LogP contribution in [0.1, 0.15) is 19.4 Å². The number of aryl methyl sites for hydroxylation is 1. The Morgan fingerprint density at radius 1 is 1.42 bits per heavy atom. The lowest BCUT2D eigenvalue weighted by atomic mass is 10.4. The molecule has 0 atom stereocenters. The predicted octanol–water partition coefficient (Wildman–Crippen LogP) is 1.96. The summed E-state index contributed by atoms with van der Waals surface area (Å²) < 4.78 is 17.1. The van der Waals surface area contributed by atoms with Crippen LogP contribution >= 0.6 is 0 Å². The van der Waals surface area contributed by atoms with Gasteiger partial charge >= 0.3 is 6.01 Å². The van der Waals surface area contributed by atoms with E-state index in [4.69, 9.17) is 0 Å². The molecule has 0 saturated carbocycles. The molecule has 0 radical (unpaired) electrons. The molecule has 0 fully saturated rings. The molecule has 3 nitrogen and oxygen atoms in total. The standard InChI is InChI=1S/C6H7FN2O.C2H6/c1-4-3-8-6(10-2)9-5(4)7;1-2/h3H,1-2H3;1-2H3. The molecule has 0 aromatic carbocycles. The van der Waals surface area contributed by atoms with Gasteiger partial charge in [-0.25, -0.2) is 4.98 Å². The molecule has 12 heavy (non-hydrogen) atoms. The van der Waals surface area contributed by atoms with Gasteiger partial charge in [0.25, 0.3) is 0 Å². The summed E-state index contributed by atoms with van der Waals surface area (Å²) in [6, 6.07) is 0.0584. The van der Waals surface area contributed by atoms with Gasteiger partial charge in [-0.1, -0.05) is 13.8 Å². The number of methoxy groups -OCH3 is 1. The van der Waals surface area contributed by atoms with E-state index < -0.39 is 5.95 Å². The van der Waals surface area contributed by atoms with E-state index in [0.717, 1.165) is 0 Å². The lowest BCUT2D eigenvalue weighted by Crippen LogP contribution is -1.95. The molecule has 0 spiro atoms. The van der Waals surface area contributed by atoms with Gasteiger partial charge in [-0.05, 0) is 6.92 Å². The average Bonchev–Trinajstić information content (AvgIpc) is 2.13. The second-order valence-electron chi connectivity index (χ2n) is 1.83. The number of aromatic nitrogens is 2. The van der Waals surface area contributed by atoms with E-state index in [9.17, 15) is 4.39 Å². The van der Waals surface area contributed by atoms with Crippen molar-refractivity contribution in [2.75, 3.05) is 7.11 Å². The van der Waals surface area contributed by atoms with Gasteiger partial charge in [0.2, 0.25) is 5.95 Å². The zero-order chi connectivity index (χ0) is 9.56. The molecule has 0 N–H and O–H groups in total. The van der Waals surface area contributed by atoms with Gasteiger partial charge in [0.1, 0.15) is 0 Å². The van der Waals surface area contributed by atoms with E-state index in [1.54, 1.807) is 6.92 Å². The minimum atomic E-state index is -0.535. The van der Waals surface area contributed by atoms with Crippen LogP contribution in [0.4, 0.5) is 4.39 Å². The first-order valence-corrected chi connectivity index (χ1v) is 3.77. The first-order valence-electron chi connectivity index (χ1n) is 3.77. The van der Waals surface area contributed by atoms with Crippen molar-refractivity contribution >= 4 is 0 Å². The van der Waals surface area contributed by atoms with Crippen LogP contribution in [0.2, 0.25) is 0 Å². The quantitative estimate of drug-likeness (QED) is 0.607. The van der Waals surface area contributed by atoms with Crippen molar-refractivity contribution < 1.29 is 9.13 Å². The third kappa shape index (κ3) is 2.82. The molecular formula is C8H13FN2O. The van der Waals surface area contributed by atoms with Crippen LogP contribution in [-0.4, -0.2) is 17.1 Å². The van der Waals surface area contributed by atoms with E-state index in [-0.39, 0.29) is 6.01 Å². The molecule has 68 valence electrons. The Kier molecular flexibility index (Phi) is 4.92. The second kappa shape index (κ2) is 5.46. The number of hydrogen-bond acceptors (Lipinski definition) is 3. The van der Waals surface area contributed by atoms with Gasteiger partial charge in [-0.15, -0.1) is 0 Å². The van der Waals surface area contributed by atoms with Crippen molar-refractivity contribution in [3.05, 3.63) is 17.7 Å². The summed E-state index contributed by atoms with van der Waals surface area (Å²) >= 11 is 0. The van der Waals surface area contributed by atoms with Crippen LogP contribution in [0, 0.1) is 12.9 Å². The SMILES string of the molecule is CC.COc1ncc(C)c(F)n1. The minimum Gasteiger partial charge on any atom is -0.467 e. The van der Waals surface area contributed by atoms with Gasteiger partial charge in [0.05, 0.1) is 7.11 Å². The fourth-order valence-corrected chi connectivity index (χ4v) is 0.505. The maximum absolute atomic E-state index is 12.5. The highest BCUT2D eigenvalue weighted by atomic mass is 19.1. The van der Waals surface area contributed by atoms with Gasteiger partial charge in [-0.3, -0.25) is 0 Å². The Balaban J connectivity index is 0.000000561. The molecule has 1 aromatic heterocycles. The molecule has 0 amide bonds. The molecule has 1 rings (SSSR count). The maximum atomic E-state index is 12.5. The molecule has 0 bridgehead atoms. The number of halogens is 1. The Morgan fingerprint density at radius 3 is 2.42 bits per heavy atom. The molecule has 0 saturated heterocycles. The molecule has 4 heteroatoms. The van der Waals surface area contributed by atoms with E-state index in [1.807, 2.05) is 13.8 Å². The van der Waals surface area contributed by atoms with Crippen LogP contribution in [0.3, 0.4) is 0 Å². The summed E-state index contributed by atoms with van der Waals surface area (Å²) in [5.74, 6) is -0.535. The lowest BCUT2D eigenvalue weighted by molar-refractivity contribution is 0.368. The summed E-state index contributed by atoms with van der Waals surface area (Å²) in [5, 5.41) is 0. The monoisotopic (exact) mass is 172 g/mol. The van der Waals surface area contributed by atoms with E-state index >= 15 is 0 Å². The highest BCUT2D eigenvalue weighted by molar-refractivity contribution is 5.06. The largest absolute Gasteiger partial charge is 0.467 e. The Hall–Kier alpha value is -1.19. The molecule has 0 aliphatic heterocycles. The predicted molar refractivity (Wildman–Crippen MR) is 44.6 cm³/mol. The van der Waals surface area contributed by atoms with Crippen LogP contribution in [-0.2, 0) is 0 Å². The van der Waals surface area contributed by atoms with Crippen LogP contribution in [0.25, 0.3) is 0 Å². The van der Waals surface area contributed by atoms with Crippen molar-refractivity contribution in [3.63, 3.8) is 0 Å². The fourth-order valence-electron chi connectivity index (χ4n) is 0.505. The molecule has 0 aliphatic rings. The highest BCUT2D eigenvalue weighted by Crippen LogP contribution is 2.04. The van der Waals surface area contributed by atoms with Crippen molar-refractivity contribution in [1.82, 2.24) is 9.97 Å². The van der Waals surface area contributed by atoms with Crippen LogP contribution in [0.5, 0.6) is 6.01 Å². The first-order chi connectivity index (χ1) is 5.74. The summed E-state index contributed by atoms with van der Waals surface area (Å²) in [6.45, 7) is 5.59. The average molecular weight is 172 g/mol. The Labute approximate surface area is 71.6 Å². The summed E-state index contributed by atoms with van der Waals surface area (Å²) in [7, 11) is 1.39. The Bertz CT molecular complexity index is 240. The summed E-state index contributed by atoms with van der Waals surface area (Å²) in [4.78, 5) is 7.08. The highest BCUT2D eigenvalue weighted by Gasteiger charge is 2.00. The van der Waals surface area contributed by atoms with Crippen molar-refractivity contribution in [2.24, 2.45) is 0 Å². The van der Waals surface area contributed by atoms with Gasteiger partial charge in [0, 0.05) is 11.8 Å². The molecule has 1 aromatic rings. The Morgan fingerprint density at radius 2 is 2.00 bits per heavy atom. The number of hydrogen-bond donors (Lipinski definition) is 0. The number of ether oxygens (including phenoxy) is 1. The first kappa shape index (κ1) is 10.8. The molecule has 0 aliphatic carbocycles. The van der Waals surface area contributed by atoms with Gasteiger partial charge in [0.15, 0.2) is 0 Å².